The van der Waals surface area contributed by atoms with Crippen LogP contribution in [0.15, 0.2) is 6.07 Å². The molecule has 1 saturated heterocycles. The van der Waals surface area contributed by atoms with Gasteiger partial charge in [0, 0.05) is 30.6 Å². The minimum Gasteiger partial charge on any atom is -0.379 e. The van der Waals surface area contributed by atoms with Gasteiger partial charge in [-0.3, -0.25) is 9.69 Å². The number of carbonyl (C=O) groups excluding carboxylic acids is 1. The van der Waals surface area contributed by atoms with Gasteiger partial charge < -0.3 is 10.1 Å². The van der Waals surface area contributed by atoms with Crippen LogP contribution < -0.4 is 5.32 Å². The highest BCUT2D eigenvalue weighted by atomic mass is 32.1. The number of rotatable bonds is 6. The van der Waals surface area contributed by atoms with Crippen molar-refractivity contribution >= 4 is 17.2 Å². The molecule has 4 nitrogen and oxygen atoms in total. The number of amides is 1. The highest BCUT2D eigenvalue weighted by Gasteiger charge is 2.24. The van der Waals surface area contributed by atoms with E-state index < -0.39 is 0 Å². The Morgan fingerprint density at radius 3 is 2.88 bits per heavy atom. The van der Waals surface area contributed by atoms with E-state index in [2.05, 4.69) is 37.1 Å². The highest BCUT2D eigenvalue weighted by Crippen LogP contribution is 2.32. The van der Waals surface area contributed by atoms with E-state index in [0.29, 0.717) is 12.0 Å². The maximum atomic E-state index is 12.7. The lowest BCUT2D eigenvalue weighted by Crippen LogP contribution is -2.49. The lowest BCUT2D eigenvalue weighted by Gasteiger charge is -2.35. The number of hydrogen-bond acceptors (Lipinski definition) is 4. The van der Waals surface area contributed by atoms with Crippen LogP contribution in [0.25, 0.3) is 0 Å². The zero-order valence-corrected chi connectivity index (χ0v) is 16.7. The number of thiophene rings is 1. The smallest absolute Gasteiger partial charge is 0.261 e. The minimum atomic E-state index is 0.106. The molecule has 1 aromatic heterocycles. The molecule has 2 unspecified atom stereocenters. The molecule has 0 spiro atoms. The van der Waals surface area contributed by atoms with Gasteiger partial charge >= 0.3 is 0 Å². The van der Waals surface area contributed by atoms with E-state index in [1.54, 1.807) is 11.3 Å². The third-order valence-corrected chi connectivity index (χ3v) is 6.59. The van der Waals surface area contributed by atoms with E-state index >= 15 is 0 Å². The number of hydrogen-bond donors (Lipinski definition) is 1. The second-order valence-corrected chi connectivity index (χ2v) is 9.19. The Labute approximate surface area is 155 Å². The summed E-state index contributed by atoms with van der Waals surface area (Å²) >= 11 is 1.70. The molecule has 25 heavy (non-hydrogen) atoms. The summed E-state index contributed by atoms with van der Waals surface area (Å²) in [6.45, 7) is 11.1. The summed E-state index contributed by atoms with van der Waals surface area (Å²) in [4.78, 5) is 17.5. The van der Waals surface area contributed by atoms with Crippen LogP contribution in [0.5, 0.6) is 0 Å². The molecule has 1 N–H and O–H groups in total. The zero-order chi connectivity index (χ0) is 17.8. The molecule has 0 radical (unpaired) electrons. The van der Waals surface area contributed by atoms with Crippen molar-refractivity contribution in [3.05, 3.63) is 21.4 Å². The number of morpholine rings is 1. The van der Waals surface area contributed by atoms with Crippen LogP contribution in [0.4, 0.5) is 0 Å². The predicted molar refractivity (Wildman–Crippen MR) is 103 cm³/mol. The Kier molecular flexibility index (Phi) is 6.53. The lowest BCUT2D eigenvalue weighted by molar-refractivity contribution is 0.0125. The maximum absolute atomic E-state index is 12.7. The van der Waals surface area contributed by atoms with Crippen LogP contribution in [0.2, 0.25) is 0 Å². The summed E-state index contributed by atoms with van der Waals surface area (Å²) in [6.07, 6.45) is 4.63. The summed E-state index contributed by atoms with van der Waals surface area (Å²) in [5.41, 5.74) is 1.40. The molecule has 5 heteroatoms. The molecule has 2 atom stereocenters. The van der Waals surface area contributed by atoms with Crippen molar-refractivity contribution in [3.63, 3.8) is 0 Å². The first-order chi connectivity index (χ1) is 12.0. The number of aryl methyl sites for hydroxylation is 1. The van der Waals surface area contributed by atoms with Gasteiger partial charge in [0.2, 0.25) is 0 Å². The van der Waals surface area contributed by atoms with Crippen LogP contribution in [-0.4, -0.2) is 49.7 Å². The number of fused-ring (bicyclic) bond motifs is 1. The zero-order valence-electron chi connectivity index (χ0n) is 15.8. The van der Waals surface area contributed by atoms with Gasteiger partial charge in [0.15, 0.2) is 0 Å². The summed E-state index contributed by atoms with van der Waals surface area (Å²) in [6, 6.07) is 2.54. The van der Waals surface area contributed by atoms with Crippen molar-refractivity contribution in [3.8, 4) is 0 Å². The van der Waals surface area contributed by atoms with Crippen LogP contribution in [0.1, 0.15) is 53.7 Å². The fourth-order valence-electron chi connectivity index (χ4n) is 3.96. The van der Waals surface area contributed by atoms with Crippen molar-refractivity contribution < 1.29 is 9.53 Å². The number of ether oxygens (including phenoxy) is 1. The van der Waals surface area contributed by atoms with Gasteiger partial charge in [-0.25, -0.2) is 0 Å². The molecule has 140 valence electrons. The fraction of sp³-hybridized carbons (Fsp3) is 0.750. The van der Waals surface area contributed by atoms with Gasteiger partial charge in [0.05, 0.1) is 18.1 Å². The minimum absolute atomic E-state index is 0.106. The molecule has 2 heterocycles. The SMILES string of the molecule is CC(C)CC(CNC(=O)c1cc2c(s1)CCC(C)C2)N1CCOCC1. The fourth-order valence-corrected chi connectivity index (χ4v) is 5.09. The van der Waals surface area contributed by atoms with Crippen LogP contribution >= 0.6 is 11.3 Å². The average Bonchev–Trinajstić information content (AvgIpc) is 3.02. The quantitative estimate of drug-likeness (QED) is 0.842. The van der Waals surface area contributed by atoms with Crippen LogP contribution in [-0.2, 0) is 17.6 Å². The van der Waals surface area contributed by atoms with Gasteiger partial charge in [0.25, 0.3) is 5.91 Å². The van der Waals surface area contributed by atoms with Crippen molar-refractivity contribution in [2.75, 3.05) is 32.8 Å². The molecule has 2 aliphatic rings. The first-order valence-electron chi connectivity index (χ1n) is 9.74. The predicted octanol–water partition coefficient (Wildman–Crippen LogP) is 3.35. The molecule has 1 amide bonds. The van der Waals surface area contributed by atoms with Gasteiger partial charge in [-0.1, -0.05) is 20.8 Å². The van der Waals surface area contributed by atoms with Gasteiger partial charge in [-0.2, -0.15) is 0 Å². The Morgan fingerprint density at radius 2 is 2.16 bits per heavy atom. The molecule has 1 aromatic rings. The van der Waals surface area contributed by atoms with E-state index in [1.165, 1.54) is 16.9 Å². The number of nitrogens with one attached hydrogen (secondary N) is 1. The molecule has 1 aliphatic carbocycles. The molecular weight excluding hydrogens is 332 g/mol. The normalized spacial score (nSPS) is 22.6. The number of nitrogens with zero attached hydrogens (tertiary/aromatic N) is 1. The molecule has 0 aromatic carbocycles. The van der Waals surface area contributed by atoms with E-state index in [4.69, 9.17) is 4.74 Å². The monoisotopic (exact) mass is 364 g/mol. The van der Waals surface area contributed by atoms with Crippen LogP contribution in [0, 0.1) is 11.8 Å². The standard InChI is InChI=1S/C20H32N2O2S/c1-14(2)10-17(22-6-8-24-9-7-22)13-21-20(23)19-12-16-11-15(3)4-5-18(16)25-19/h12,14-15,17H,4-11,13H2,1-3H3,(H,21,23). The second kappa shape index (κ2) is 8.65. The number of carbonyl (C=O) groups is 1. The Hall–Kier alpha value is -0.910. The van der Waals surface area contributed by atoms with Gasteiger partial charge in [-0.15, -0.1) is 11.3 Å². The van der Waals surface area contributed by atoms with Crippen LogP contribution in [0.3, 0.4) is 0 Å². The maximum Gasteiger partial charge on any atom is 0.261 e. The van der Waals surface area contributed by atoms with E-state index in [9.17, 15) is 4.79 Å². The van der Waals surface area contributed by atoms with Crippen molar-refractivity contribution in [1.29, 1.82) is 0 Å². The van der Waals surface area contributed by atoms with Crippen molar-refractivity contribution in [2.24, 2.45) is 11.8 Å². The first-order valence-corrected chi connectivity index (χ1v) is 10.6. The Balaban J connectivity index is 1.59. The highest BCUT2D eigenvalue weighted by molar-refractivity contribution is 7.14. The molecule has 0 bridgehead atoms. The lowest BCUT2D eigenvalue weighted by atomic mass is 9.90. The van der Waals surface area contributed by atoms with Crippen molar-refractivity contribution in [1.82, 2.24) is 10.2 Å². The summed E-state index contributed by atoms with van der Waals surface area (Å²) in [5, 5.41) is 3.21. The Morgan fingerprint density at radius 1 is 1.40 bits per heavy atom. The molecular formula is C20H32N2O2S. The summed E-state index contributed by atoms with van der Waals surface area (Å²) < 4.78 is 5.48. The van der Waals surface area contributed by atoms with E-state index in [0.717, 1.165) is 62.9 Å². The summed E-state index contributed by atoms with van der Waals surface area (Å²) in [5.74, 6) is 1.48. The average molecular weight is 365 g/mol. The summed E-state index contributed by atoms with van der Waals surface area (Å²) in [7, 11) is 0. The molecule has 1 fully saturated rings. The first kappa shape index (κ1) is 18.9. The van der Waals surface area contributed by atoms with Crippen molar-refractivity contribution in [2.45, 2.75) is 52.5 Å². The molecule has 0 saturated carbocycles. The Bertz CT molecular complexity index is 578. The van der Waals surface area contributed by atoms with Gasteiger partial charge in [0.1, 0.15) is 0 Å². The molecule has 3 rings (SSSR count). The van der Waals surface area contributed by atoms with E-state index in [-0.39, 0.29) is 5.91 Å². The molecule has 1 aliphatic heterocycles. The second-order valence-electron chi connectivity index (χ2n) is 8.05. The third kappa shape index (κ3) is 5.05. The van der Waals surface area contributed by atoms with Gasteiger partial charge in [-0.05, 0) is 49.1 Å². The largest absolute Gasteiger partial charge is 0.379 e. The third-order valence-electron chi connectivity index (χ3n) is 5.36. The van der Waals surface area contributed by atoms with E-state index in [1.807, 2.05) is 0 Å². The topological polar surface area (TPSA) is 41.6 Å².